The van der Waals surface area contributed by atoms with Gasteiger partial charge >= 0.3 is 5.00 Å². The van der Waals surface area contributed by atoms with Gasteiger partial charge in [0.05, 0.1) is 21.6 Å². The maximum atomic E-state index is 13.3. The van der Waals surface area contributed by atoms with E-state index < -0.39 is 28.0 Å². The molecule has 6 nitrogen and oxygen atoms in total. The summed E-state index contributed by atoms with van der Waals surface area (Å²) in [6.45, 7) is 0. The van der Waals surface area contributed by atoms with Crippen LogP contribution >= 0.6 is 11.3 Å². The zero-order chi connectivity index (χ0) is 15.4. The van der Waals surface area contributed by atoms with Crippen molar-refractivity contribution in [2.75, 3.05) is 0 Å². The zero-order valence-electron chi connectivity index (χ0n) is 10.2. The van der Waals surface area contributed by atoms with Crippen LogP contribution in [0.1, 0.15) is 15.2 Å². The molecule has 1 N–H and O–H groups in total. The van der Waals surface area contributed by atoms with Gasteiger partial charge in [-0.25, -0.2) is 14.2 Å². The van der Waals surface area contributed by atoms with E-state index in [-0.39, 0.29) is 5.00 Å². The van der Waals surface area contributed by atoms with Crippen molar-refractivity contribution in [3.05, 3.63) is 62.5 Å². The third-order valence-corrected chi connectivity index (χ3v) is 3.29. The summed E-state index contributed by atoms with van der Waals surface area (Å²) in [4.78, 5) is 21.9. The summed E-state index contributed by atoms with van der Waals surface area (Å²) in [5, 5.41) is 13.9. The highest BCUT2D eigenvalue weighted by Gasteiger charge is 2.12. The van der Waals surface area contributed by atoms with Gasteiger partial charge in [-0.1, -0.05) is 11.3 Å². The van der Waals surface area contributed by atoms with Gasteiger partial charge in [0.2, 0.25) is 0 Å². The molecular formula is C12H7F2N3O3S. The molecule has 9 heteroatoms. The van der Waals surface area contributed by atoms with E-state index in [0.29, 0.717) is 4.88 Å². The molecule has 0 bridgehead atoms. The molecule has 0 atom stereocenters. The summed E-state index contributed by atoms with van der Waals surface area (Å²) in [5.74, 6) is -2.55. The Morgan fingerprint density at radius 1 is 1.33 bits per heavy atom. The van der Waals surface area contributed by atoms with Crippen molar-refractivity contribution in [2.45, 2.75) is 0 Å². The average Bonchev–Trinajstić information content (AvgIpc) is 2.90. The van der Waals surface area contributed by atoms with E-state index in [9.17, 15) is 23.7 Å². The van der Waals surface area contributed by atoms with Crippen LogP contribution in [0.3, 0.4) is 0 Å². The van der Waals surface area contributed by atoms with Gasteiger partial charge in [-0.15, -0.1) is 0 Å². The molecule has 1 aromatic carbocycles. The quantitative estimate of drug-likeness (QED) is 0.535. The summed E-state index contributed by atoms with van der Waals surface area (Å²) >= 11 is 0.860. The topological polar surface area (TPSA) is 84.6 Å². The highest BCUT2D eigenvalue weighted by Crippen LogP contribution is 2.22. The van der Waals surface area contributed by atoms with Gasteiger partial charge in [-0.05, 0) is 24.3 Å². The van der Waals surface area contributed by atoms with E-state index in [1.165, 1.54) is 18.3 Å². The first-order valence-corrected chi connectivity index (χ1v) is 6.31. The number of hydrazone groups is 1. The molecule has 1 amide bonds. The van der Waals surface area contributed by atoms with Crippen molar-refractivity contribution in [2.24, 2.45) is 5.10 Å². The number of amides is 1. The van der Waals surface area contributed by atoms with Crippen LogP contribution in [-0.2, 0) is 0 Å². The molecule has 1 aromatic heterocycles. The fourth-order valence-electron chi connectivity index (χ4n) is 1.40. The first kappa shape index (κ1) is 14.7. The summed E-state index contributed by atoms with van der Waals surface area (Å²) in [6.07, 6.45) is 1.17. The van der Waals surface area contributed by atoms with Crippen molar-refractivity contribution in [1.82, 2.24) is 5.43 Å². The van der Waals surface area contributed by atoms with Crippen LogP contribution in [0.2, 0.25) is 0 Å². The SMILES string of the molecule is O=C(NN=Cc1ccc([N+](=O)[O-])s1)c1cc(F)ccc1F. The lowest BCUT2D eigenvalue weighted by molar-refractivity contribution is -0.380. The second kappa shape index (κ2) is 6.18. The van der Waals surface area contributed by atoms with Crippen molar-refractivity contribution in [3.63, 3.8) is 0 Å². The van der Waals surface area contributed by atoms with Gasteiger partial charge in [-0.2, -0.15) is 5.10 Å². The number of hydrogen-bond acceptors (Lipinski definition) is 5. The Balaban J connectivity index is 2.04. The predicted octanol–water partition coefficient (Wildman–Crippen LogP) is 2.70. The number of nitrogens with one attached hydrogen (secondary N) is 1. The molecule has 0 saturated carbocycles. The number of nitro groups is 1. The second-order valence-corrected chi connectivity index (χ2v) is 4.85. The lowest BCUT2D eigenvalue weighted by Crippen LogP contribution is -2.19. The van der Waals surface area contributed by atoms with Crippen molar-refractivity contribution < 1.29 is 18.5 Å². The van der Waals surface area contributed by atoms with Crippen LogP contribution in [0.5, 0.6) is 0 Å². The molecular weight excluding hydrogens is 304 g/mol. The number of thiophene rings is 1. The highest BCUT2D eigenvalue weighted by molar-refractivity contribution is 7.16. The summed E-state index contributed by atoms with van der Waals surface area (Å²) in [6, 6.07) is 5.20. The number of rotatable bonds is 4. The molecule has 2 rings (SSSR count). The summed E-state index contributed by atoms with van der Waals surface area (Å²) in [7, 11) is 0. The van der Waals surface area contributed by atoms with Crippen LogP contribution in [-0.4, -0.2) is 17.0 Å². The highest BCUT2D eigenvalue weighted by atomic mass is 32.1. The monoisotopic (exact) mass is 311 g/mol. The van der Waals surface area contributed by atoms with E-state index in [0.717, 1.165) is 29.5 Å². The largest absolute Gasteiger partial charge is 0.324 e. The Morgan fingerprint density at radius 2 is 2.10 bits per heavy atom. The Kier molecular flexibility index (Phi) is 4.33. The van der Waals surface area contributed by atoms with Gasteiger partial charge in [0.1, 0.15) is 11.6 Å². The van der Waals surface area contributed by atoms with E-state index >= 15 is 0 Å². The second-order valence-electron chi connectivity index (χ2n) is 3.76. The zero-order valence-corrected chi connectivity index (χ0v) is 11.1. The molecule has 0 aliphatic carbocycles. The first-order chi connectivity index (χ1) is 9.97. The molecule has 108 valence electrons. The van der Waals surface area contributed by atoms with Crippen LogP contribution in [0.25, 0.3) is 0 Å². The molecule has 0 radical (unpaired) electrons. The van der Waals surface area contributed by atoms with E-state index in [1.54, 1.807) is 0 Å². The Morgan fingerprint density at radius 3 is 2.76 bits per heavy atom. The van der Waals surface area contributed by atoms with Gasteiger partial charge in [0, 0.05) is 6.07 Å². The van der Waals surface area contributed by atoms with Gasteiger partial charge < -0.3 is 0 Å². The molecule has 0 aliphatic heterocycles. The molecule has 0 unspecified atom stereocenters. The molecule has 0 spiro atoms. The number of benzene rings is 1. The van der Waals surface area contributed by atoms with Gasteiger partial charge in [-0.3, -0.25) is 14.9 Å². The minimum absolute atomic E-state index is 0.0704. The first-order valence-electron chi connectivity index (χ1n) is 5.50. The Hall–Kier alpha value is -2.68. The van der Waals surface area contributed by atoms with E-state index in [1.807, 2.05) is 5.43 Å². The summed E-state index contributed by atoms with van der Waals surface area (Å²) in [5.41, 5.74) is 1.53. The lowest BCUT2D eigenvalue weighted by Gasteiger charge is -2.01. The van der Waals surface area contributed by atoms with Gasteiger partial charge in [0.25, 0.3) is 5.91 Å². The van der Waals surface area contributed by atoms with Crippen LogP contribution < -0.4 is 5.43 Å². The minimum atomic E-state index is -0.922. The molecule has 1 heterocycles. The number of carbonyl (C=O) groups is 1. The van der Waals surface area contributed by atoms with Crippen molar-refractivity contribution in [1.29, 1.82) is 0 Å². The molecule has 0 saturated heterocycles. The Labute approximate surface area is 120 Å². The number of carbonyl (C=O) groups excluding carboxylic acids is 1. The average molecular weight is 311 g/mol. The maximum Gasteiger partial charge on any atom is 0.324 e. The van der Waals surface area contributed by atoms with Crippen LogP contribution in [0, 0.1) is 21.7 Å². The fraction of sp³-hybridized carbons (Fsp3) is 0. The van der Waals surface area contributed by atoms with Crippen molar-refractivity contribution in [3.8, 4) is 0 Å². The van der Waals surface area contributed by atoms with Crippen molar-refractivity contribution >= 4 is 28.5 Å². The predicted molar refractivity (Wildman–Crippen MR) is 72.4 cm³/mol. The summed E-state index contributed by atoms with van der Waals surface area (Å²) < 4.78 is 26.2. The van der Waals surface area contributed by atoms with E-state index in [4.69, 9.17) is 0 Å². The third-order valence-electron chi connectivity index (χ3n) is 2.32. The molecule has 0 aliphatic rings. The lowest BCUT2D eigenvalue weighted by atomic mass is 10.2. The smallest absolute Gasteiger partial charge is 0.267 e. The molecule has 2 aromatic rings. The maximum absolute atomic E-state index is 13.3. The van der Waals surface area contributed by atoms with Crippen LogP contribution in [0.4, 0.5) is 13.8 Å². The number of halogens is 2. The molecule has 0 fully saturated rings. The number of nitrogens with zero attached hydrogens (tertiary/aromatic N) is 2. The standard InChI is InChI=1S/C12H7F2N3O3S/c13-7-1-3-10(14)9(5-7)12(18)16-15-6-8-2-4-11(21-8)17(19)20/h1-6H,(H,16,18). The van der Waals surface area contributed by atoms with E-state index in [2.05, 4.69) is 5.10 Å². The minimum Gasteiger partial charge on any atom is -0.267 e. The third kappa shape index (κ3) is 3.66. The normalized spacial score (nSPS) is 10.8. The number of hydrogen-bond donors (Lipinski definition) is 1. The molecule has 21 heavy (non-hydrogen) atoms. The fourth-order valence-corrected chi connectivity index (χ4v) is 2.09. The van der Waals surface area contributed by atoms with Crippen LogP contribution in [0.15, 0.2) is 35.4 Å². The van der Waals surface area contributed by atoms with Gasteiger partial charge in [0.15, 0.2) is 0 Å². The Bertz CT molecular complexity index is 730.